The van der Waals surface area contributed by atoms with E-state index in [0.717, 1.165) is 57.2 Å². The van der Waals surface area contributed by atoms with E-state index in [2.05, 4.69) is 15.2 Å². The number of hydrogen-bond acceptors (Lipinski definition) is 10. The van der Waals surface area contributed by atoms with Crippen LogP contribution in [0.2, 0.25) is 0 Å². The first-order valence-corrected chi connectivity index (χ1v) is 19.5. The maximum absolute atomic E-state index is 17.3. The molecule has 7 heterocycles. The lowest BCUT2D eigenvalue weighted by atomic mass is 9.91. The van der Waals surface area contributed by atoms with Gasteiger partial charge in [0.1, 0.15) is 29.4 Å². The third-order valence-electron chi connectivity index (χ3n) is 10.8. The van der Waals surface area contributed by atoms with Crippen LogP contribution in [0.4, 0.5) is 15.0 Å². The Bertz CT molecular complexity index is 2050. The second kappa shape index (κ2) is 13.1. The van der Waals surface area contributed by atoms with Crippen LogP contribution >= 0.6 is 7.60 Å². The van der Waals surface area contributed by atoms with E-state index in [0.29, 0.717) is 60.1 Å². The Morgan fingerprint density at radius 2 is 1.86 bits per heavy atom. The van der Waals surface area contributed by atoms with Crippen molar-refractivity contribution < 1.29 is 37.7 Å². The van der Waals surface area contributed by atoms with E-state index in [4.69, 9.17) is 24.2 Å². The zero-order valence-electron chi connectivity index (χ0n) is 28.6. The molecule has 5 aliphatic heterocycles. The molecule has 3 N–H and O–H groups in total. The number of rotatable bonds is 6. The van der Waals surface area contributed by atoms with Crippen LogP contribution in [-0.4, -0.2) is 92.6 Å². The summed E-state index contributed by atoms with van der Waals surface area (Å²) >= 11 is 0. The second-order valence-corrected chi connectivity index (χ2v) is 16.2. The van der Waals surface area contributed by atoms with Crippen molar-refractivity contribution in [2.45, 2.75) is 69.4 Å². The highest BCUT2D eigenvalue weighted by Crippen LogP contribution is 2.42. The molecule has 2 aromatic heterocycles. The molecule has 51 heavy (non-hydrogen) atoms. The zero-order valence-corrected chi connectivity index (χ0v) is 29.5. The Morgan fingerprint density at radius 1 is 1.06 bits per heavy atom. The van der Waals surface area contributed by atoms with Gasteiger partial charge in [0.25, 0.3) is 0 Å². The van der Waals surface area contributed by atoms with Crippen LogP contribution in [-0.2, 0) is 15.7 Å². The number of anilines is 1. The van der Waals surface area contributed by atoms with Crippen molar-refractivity contribution in [2.75, 3.05) is 50.6 Å². The van der Waals surface area contributed by atoms with Crippen LogP contribution in [0.1, 0.15) is 57.4 Å². The normalized spacial score (nSPS) is 22.2. The number of ether oxygens (including phenoxy) is 3. The number of piperidine rings is 1. The summed E-state index contributed by atoms with van der Waals surface area (Å²) < 4.78 is 46.6. The second-order valence-electron chi connectivity index (χ2n) is 14.6. The Hall–Kier alpha value is -4.10. The molecule has 5 aliphatic rings. The molecule has 0 saturated carbocycles. The van der Waals surface area contributed by atoms with Gasteiger partial charge in [-0.15, -0.1) is 0 Å². The van der Waals surface area contributed by atoms with Gasteiger partial charge in [0, 0.05) is 24.8 Å². The summed E-state index contributed by atoms with van der Waals surface area (Å²) in [6.45, 7) is 5.63. The molecule has 3 fully saturated rings. The van der Waals surface area contributed by atoms with Crippen LogP contribution < -0.4 is 19.7 Å². The van der Waals surface area contributed by atoms with Crippen molar-refractivity contribution in [3.63, 3.8) is 0 Å². The molecule has 4 aromatic rings. The number of alkyl carbamates (subject to hydrolysis) is 1. The predicted octanol–water partition coefficient (Wildman–Crippen LogP) is 5.54. The number of nitrogens with one attached hydrogen (secondary N) is 1. The van der Waals surface area contributed by atoms with Gasteiger partial charge in [0.05, 0.1) is 23.1 Å². The highest BCUT2D eigenvalue weighted by molar-refractivity contribution is 7.51. The maximum atomic E-state index is 17.3. The van der Waals surface area contributed by atoms with Gasteiger partial charge in [-0.2, -0.15) is 9.97 Å². The van der Waals surface area contributed by atoms with Gasteiger partial charge in [-0.25, -0.2) is 9.18 Å². The molecule has 2 aromatic carbocycles. The minimum atomic E-state index is -4.50. The molecule has 15 heteroatoms. The highest BCUT2D eigenvalue weighted by atomic mass is 31.2. The number of amides is 1. The molecule has 3 saturated heterocycles. The van der Waals surface area contributed by atoms with E-state index in [1.54, 1.807) is 18.3 Å². The van der Waals surface area contributed by atoms with E-state index in [1.165, 1.54) is 0 Å². The minimum absolute atomic E-state index is 0.00873. The van der Waals surface area contributed by atoms with Crippen molar-refractivity contribution in [1.82, 2.24) is 25.2 Å². The first-order chi connectivity index (χ1) is 24.5. The average Bonchev–Trinajstić information content (AvgIpc) is 3.68. The van der Waals surface area contributed by atoms with Gasteiger partial charge in [-0.1, -0.05) is 18.2 Å². The summed E-state index contributed by atoms with van der Waals surface area (Å²) in [6.07, 6.45) is 6.98. The van der Waals surface area contributed by atoms with Gasteiger partial charge in [0.15, 0.2) is 12.2 Å². The number of benzene rings is 2. The smallest absolute Gasteiger partial charge is 0.407 e. The summed E-state index contributed by atoms with van der Waals surface area (Å²) in [5.74, 6) is -0.0524. The van der Waals surface area contributed by atoms with Crippen molar-refractivity contribution in [3.05, 3.63) is 47.9 Å². The van der Waals surface area contributed by atoms with Gasteiger partial charge >= 0.3 is 19.7 Å². The molecule has 1 amide bonds. The number of pyridine rings is 1. The SMILES string of the molecule is CC12CCCN(C1)c1nc(OCC34CCCN3CCC4)nc3c(F)c(ncc13)-c1cc(OCP(=O)(O)O)cc3cccc(c13)CCCOC(=O)N2. The standard InChI is InChI=1S/C36H42FN6O7P/c1-35-10-4-13-42(20-35)32-27-19-38-30(29(37)31(27)39-33(40-32)49-21-36-11-5-14-43(36)15-6-12-36)26-18-25(50-22-51(45,46)47)17-24-8-2-7-23(28(24)26)9-3-16-48-34(44)41-35/h2,7-8,17-19H,3-6,9-16,20-22H2,1H3,(H,41,44)(H2,45,46,47). The lowest BCUT2D eigenvalue weighted by Gasteiger charge is -2.41. The highest BCUT2D eigenvalue weighted by Gasteiger charge is 2.45. The molecule has 1 unspecified atom stereocenters. The van der Waals surface area contributed by atoms with Crippen molar-refractivity contribution >= 4 is 41.2 Å². The van der Waals surface area contributed by atoms with Crippen molar-refractivity contribution in [1.29, 1.82) is 0 Å². The Balaban J connectivity index is 1.31. The van der Waals surface area contributed by atoms with Crippen LogP contribution in [0.15, 0.2) is 36.5 Å². The van der Waals surface area contributed by atoms with E-state index >= 15 is 4.39 Å². The number of aromatic nitrogens is 3. The molecule has 270 valence electrons. The number of hydrogen-bond donors (Lipinski definition) is 3. The lowest BCUT2D eigenvalue weighted by molar-refractivity contribution is 0.107. The van der Waals surface area contributed by atoms with Crippen LogP contribution in [0.25, 0.3) is 32.9 Å². The Labute approximate surface area is 294 Å². The number of fused-ring (bicyclic) bond motifs is 7. The van der Waals surface area contributed by atoms with Crippen molar-refractivity contribution in [2.24, 2.45) is 0 Å². The molecule has 1 atom stereocenters. The molecular weight excluding hydrogens is 678 g/mol. The van der Waals surface area contributed by atoms with Crippen molar-refractivity contribution in [3.8, 4) is 23.0 Å². The van der Waals surface area contributed by atoms with E-state index in [-0.39, 0.29) is 35.1 Å². The number of aryl methyl sites for hydroxylation is 1. The Morgan fingerprint density at radius 3 is 2.67 bits per heavy atom. The summed E-state index contributed by atoms with van der Waals surface area (Å²) in [5, 5.41) is 4.84. The molecule has 0 aliphatic carbocycles. The summed E-state index contributed by atoms with van der Waals surface area (Å²) in [5.41, 5.74) is 0.579. The largest absolute Gasteiger partial charge is 0.481 e. The monoisotopic (exact) mass is 720 g/mol. The fourth-order valence-electron chi connectivity index (χ4n) is 8.52. The third-order valence-corrected chi connectivity index (χ3v) is 11.3. The van der Waals surface area contributed by atoms with Gasteiger partial charge < -0.3 is 34.2 Å². The van der Waals surface area contributed by atoms with E-state index < -0.39 is 31.4 Å². The summed E-state index contributed by atoms with van der Waals surface area (Å²) in [6, 6.07) is 8.89. The van der Waals surface area contributed by atoms with Crippen LogP contribution in [0.3, 0.4) is 0 Å². The topological polar surface area (TPSA) is 159 Å². The fourth-order valence-corrected chi connectivity index (χ4v) is 8.84. The first-order valence-electron chi connectivity index (χ1n) is 17.7. The summed E-state index contributed by atoms with van der Waals surface area (Å²) in [7, 11) is -4.50. The molecule has 0 spiro atoms. The number of carbonyl (C=O) groups excluding carboxylic acids is 1. The predicted molar refractivity (Wildman–Crippen MR) is 189 cm³/mol. The molecule has 9 rings (SSSR count). The van der Waals surface area contributed by atoms with E-state index in [1.807, 2.05) is 30.0 Å². The van der Waals surface area contributed by atoms with Gasteiger partial charge in [-0.3, -0.25) is 14.4 Å². The molecule has 6 bridgehead atoms. The third kappa shape index (κ3) is 6.70. The lowest BCUT2D eigenvalue weighted by Crippen LogP contribution is -2.57. The maximum Gasteiger partial charge on any atom is 0.407 e. The van der Waals surface area contributed by atoms with E-state index in [9.17, 15) is 19.1 Å². The minimum Gasteiger partial charge on any atom is -0.481 e. The number of carbonyl (C=O) groups is 1. The van der Waals surface area contributed by atoms with Gasteiger partial charge in [0.2, 0.25) is 0 Å². The van der Waals surface area contributed by atoms with Crippen LogP contribution in [0, 0.1) is 5.82 Å². The van der Waals surface area contributed by atoms with Crippen LogP contribution in [0.5, 0.6) is 11.8 Å². The first kappa shape index (κ1) is 34.0. The zero-order chi connectivity index (χ0) is 35.4. The fraction of sp³-hybridized carbons (Fsp3) is 0.500. The number of nitrogens with zero attached hydrogens (tertiary/aromatic N) is 5. The van der Waals surface area contributed by atoms with Gasteiger partial charge in [-0.05, 0) is 99.8 Å². The molecular formula is C36H42FN6O7P. The summed E-state index contributed by atoms with van der Waals surface area (Å²) in [4.78, 5) is 50.9. The average molecular weight is 721 g/mol. The quantitative estimate of drug-likeness (QED) is 0.214. The Kier molecular flexibility index (Phi) is 8.77. The number of halogens is 1. The molecule has 0 radical (unpaired) electrons. The molecule has 13 nitrogen and oxygen atoms in total.